The molecule has 22 heavy (non-hydrogen) atoms. The summed E-state index contributed by atoms with van der Waals surface area (Å²) in [6.45, 7) is 8.57. The van der Waals surface area contributed by atoms with Gasteiger partial charge in [-0.1, -0.05) is 0 Å². The van der Waals surface area contributed by atoms with Crippen LogP contribution in [0.1, 0.15) is 27.2 Å². The number of Topliss-reactive ketones (excluding diaryl/α,β-unsaturated/α-hetero) is 1. The molecule has 0 unspecified atom stereocenters. The zero-order valence-corrected chi connectivity index (χ0v) is 13.9. The number of carbonyl (C=O) groups is 2. The summed E-state index contributed by atoms with van der Waals surface area (Å²) in [6.07, 6.45) is 0.517. The van der Waals surface area contributed by atoms with Crippen molar-refractivity contribution in [3.63, 3.8) is 0 Å². The van der Waals surface area contributed by atoms with E-state index in [0.717, 1.165) is 0 Å². The molecular weight excluding hydrogens is 290 g/mol. The number of rotatable bonds is 15. The third-order valence-corrected chi connectivity index (χ3v) is 2.40. The molecule has 0 fully saturated rings. The van der Waals surface area contributed by atoms with Gasteiger partial charge >= 0.3 is 0 Å². The van der Waals surface area contributed by atoms with E-state index in [-0.39, 0.29) is 24.4 Å². The Labute approximate surface area is 132 Å². The molecule has 0 aliphatic heterocycles. The first kappa shape index (κ1) is 21.0. The van der Waals surface area contributed by atoms with Crippen LogP contribution in [0.3, 0.4) is 0 Å². The van der Waals surface area contributed by atoms with Crippen molar-refractivity contribution in [2.45, 2.75) is 33.3 Å². The third kappa shape index (κ3) is 17.0. The Kier molecular flexibility index (Phi) is 14.2. The van der Waals surface area contributed by atoms with Gasteiger partial charge in [-0.05, 0) is 20.8 Å². The van der Waals surface area contributed by atoms with Crippen LogP contribution in [0, 0.1) is 0 Å². The molecule has 0 heterocycles. The lowest BCUT2D eigenvalue weighted by atomic mass is 10.4. The van der Waals surface area contributed by atoms with Crippen LogP contribution in [0.25, 0.3) is 0 Å². The highest BCUT2D eigenvalue weighted by Gasteiger charge is 2.01. The summed E-state index contributed by atoms with van der Waals surface area (Å²) in [7, 11) is 0. The maximum atomic E-state index is 11.5. The van der Waals surface area contributed by atoms with E-state index in [4.69, 9.17) is 18.9 Å². The van der Waals surface area contributed by atoms with Crippen molar-refractivity contribution in [3.05, 3.63) is 0 Å². The van der Waals surface area contributed by atoms with E-state index < -0.39 is 0 Å². The van der Waals surface area contributed by atoms with Gasteiger partial charge in [-0.2, -0.15) is 0 Å². The van der Waals surface area contributed by atoms with Gasteiger partial charge in [0.2, 0.25) is 5.91 Å². The van der Waals surface area contributed by atoms with Crippen LogP contribution in [0.2, 0.25) is 0 Å². The number of hydrogen-bond acceptors (Lipinski definition) is 6. The van der Waals surface area contributed by atoms with Crippen LogP contribution >= 0.6 is 0 Å². The van der Waals surface area contributed by atoms with Gasteiger partial charge in [0.05, 0.1) is 45.7 Å². The predicted octanol–water partition coefficient (Wildman–Crippen LogP) is 0.557. The summed E-state index contributed by atoms with van der Waals surface area (Å²) in [6, 6.07) is 0. The first-order valence-electron chi connectivity index (χ1n) is 7.63. The van der Waals surface area contributed by atoms with Gasteiger partial charge in [0, 0.05) is 13.0 Å². The lowest BCUT2D eigenvalue weighted by molar-refractivity contribution is -0.123. The Morgan fingerprint density at radius 3 is 2.23 bits per heavy atom. The molecule has 0 aromatic rings. The zero-order valence-electron chi connectivity index (χ0n) is 13.9. The second-order valence-electron chi connectivity index (χ2n) is 5.00. The fourth-order valence-electron chi connectivity index (χ4n) is 1.40. The molecule has 7 heteroatoms. The second-order valence-corrected chi connectivity index (χ2v) is 5.00. The van der Waals surface area contributed by atoms with Crippen molar-refractivity contribution in [1.29, 1.82) is 0 Å². The molecule has 1 amide bonds. The van der Waals surface area contributed by atoms with Crippen LogP contribution < -0.4 is 5.32 Å². The molecule has 0 aliphatic rings. The second kappa shape index (κ2) is 14.9. The normalized spacial score (nSPS) is 10.9. The summed E-state index contributed by atoms with van der Waals surface area (Å²) < 4.78 is 20.9. The molecule has 0 atom stereocenters. The molecule has 0 bridgehead atoms. The Hall–Kier alpha value is -1.02. The minimum absolute atomic E-state index is 0.00903. The molecule has 0 spiro atoms. The van der Waals surface area contributed by atoms with Crippen molar-refractivity contribution >= 4 is 11.7 Å². The van der Waals surface area contributed by atoms with E-state index in [1.807, 2.05) is 13.8 Å². The van der Waals surface area contributed by atoms with Crippen molar-refractivity contribution in [2.75, 3.05) is 52.8 Å². The predicted molar refractivity (Wildman–Crippen MR) is 81.9 cm³/mol. The lowest BCUT2D eigenvalue weighted by Gasteiger charge is -2.09. The van der Waals surface area contributed by atoms with E-state index >= 15 is 0 Å². The molecule has 0 saturated carbocycles. The molecule has 0 saturated heterocycles. The van der Waals surface area contributed by atoms with Gasteiger partial charge in [0.1, 0.15) is 6.61 Å². The molecule has 130 valence electrons. The summed E-state index contributed by atoms with van der Waals surface area (Å²) in [5.74, 6) is -0.0774. The van der Waals surface area contributed by atoms with Gasteiger partial charge in [-0.25, -0.2) is 0 Å². The van der Waals surface area contributed by atoms with Crippen molar-refractivity contribution in [3.8, 4) is 0 Å². The minimum atomic E-state index is -0.0683. The zero-order chi connectivity index (χ0) is 16.6. The number of hydrogen-bond donors (Lipinski definition) is 1. The largest absolute Gasteiger partial charge is 0.379 e. The number of carbonyl (C=O) groups excluding carboxylic acids is 2. The van der Waals surface area contributed by atoms with Gasteiger partial charge in [0.15, 0.2) is 5.78 Å². The number of amides is 1. The van der Waals surface area contributed by atoms with Crippen LogP contribution in [0.5, 0.6) is 0 Å². The monoisotopic (exact) mass is 319 g/mol. The highest BCUT2D eigenvalue weighted by Crippen LogP contribution is 1.89. The Bertz CT molecular complexity index is 296. The first-order chi connectivity index (χ1) is 10.5. The Morgan fingerprint density at radius 1 is 0.909 bits per heavy atom. The van der Waals surface area contributed by atoms with E-state index in [0.29, 0.717) is 52.6 Å². The number of ketones is 1. The topological polar surface area (TPSA) is 83.1 Å². The number of nitrogens with one attached hydrogen (secondary N) is 1. The molecule has 0 aromatic heterocycles. The van der Waals surface area contributed by atoms with Crippen LogP contribution in [0.15, 0.2) is 0 Å². The molecular formula is C15H29NO6. The van der Waals surface area contributed by atoms with Crippen LogP contribution in [-0.2, 0) is 28.5 Å². The van der Waals surface area contributed by atoms with Crippen molar-refractivity contribution < 1.29 is 28.5 Å². The van der Waals surface area contributed by atoms with Crippen molar-refractivity contribution in [2.24, 2.45) is 0 Å². The summed E-state index contributed by atoms with van der Waals surface area (Å²) >= 11 is 0. The maximum Gasteiger partial charge on any atom is 0.222 e. The third-order valence-electron chi connectivity index (χ3n) is 2.40. The SMILES string of the molecule is CC(=O)COCCOCCNC(=O)CCOCCOC(C)C. The maximum absolute atomic E-state index is 11.5. The highest BCUT2D eigenvalue weighted by molar-refractivity contribution is 5.76. The minimum Gasteiger partial charge on any atom is -0.379 e. The molecule has 1 N–H and O–H groups in total. The quantitative estimate of drug-likeness (QED) is 0.444. The Balaban J connectivity index is 3.21. The van der Waals surface area contributed by atoms with Crippen LogP contribution in [0.4, 0.5) is 0 Å². The summed E-state index contributed by atoms with van der Waals surface area (Å²) in [5.41, 5.74) is 0. The van der Waals surface area contributed by atoms with Crippen LogP contribution in [-0.4, -0.2) is 70.6 Å². The molecule has 0 aliphatic carbocycles. The number of ether oxygens (including phenoxy) is 4. The smallest absolute Gasteiger partial charge is 0.222 e. The summed E-state index contributed by atoms with van der Waals surface area (Å²) in [4.78, 5) is 22.1. The molecule has 0 rings (SSSR count). The van der Waals surface area contributed by atoms with E-state index in [1.165, 1.54) is 6.92 Å². The average molecular weight is 319 g/mol. The van der Waals surface area contributed by atoms with Gasteiger partial charge in [-0.15, -0.1) is 0 Å². The van der Waals surface area contributed by atoms with Crippen molar-refractivity contribution in [1.82, 2.24) is 5.32 Å². The first-order valence-corrected chi connectivity index (χ1v) is 7.63. The van der Waals surface area contributed by atoms with Gasteiger partial charge in [0.25, 0.3) is 0 Å². The lowest BCUT2D eigenvalue weighted by Crippen LogP contribution is -2.28. The molecule has 0 radical (unpaired) electrons. The molecule has 7 nitrogen and oxygen atoms in total. The van der Waals surface area contributed by atoms with Gasteiger partial charge < -0.3 is 24.3 Å². The average Bonchev–Trinajstić information content (AvgIpc) is 2.44. The van der Waals surface area contributed by atoms with E-state index in [1.54, 1.807) is 0 Å². The van der Waals surface area contributed by atoms with E-state index in [2.05, 4.69) is 5.32 Å². The Morgan fingerprint density at radius 2 is 1.55 bits per heavy atom. The fourth-order valence-corrected chi connectivity index (χ4v) is 1.40. The highest BCUT2D eigenvalue weighted by atomic mass is 16.5. The fraction of sp³-hybridized carbons (Fsp3) is 0.867. The standard InChI is InChI=1S/C15H29NO6/c1-13(2)22-11-10-19-6-4-15(18)16-5-7-20-8-9-21-12-14(3)17/h13H,4-12H2,1-3H3,(H,16,18). The summed E-state index contributed by atoms with van der Waals surface area (Å²) in [5, 5.41) is 2.73. The molecule has 0 aromatic carbocycles. The van der Waals surface area contributed by atoms with E-state index in [9.17, 15) is 9.59 Å². The van der Waals surface area contributed by atoms with Gasteiger partial charge in [-0.3, -0.25) is 9.59 Å².